The highest BCUT2D eigenvalue weighted by atomic mass is 16.5. The first-order valence-corrected chi connectivity index (χ1v) is 11.2. The van der Waals surface area contributed by atoms with Crippen molar-refractivity contribution in [3.8, 4) is 17.2 Å². The number of imide groups is 1. The van der Waals surface area contributed by atoms with E-state index in [2.05, 4.69) is 0 Å². The van der Waals surface area contributed by atoms with E-state index < -0.39 is 17.6 Å². The fourth-order valence-electron chi connectivity index (χ4n) is 4.75. The maximum atomic E-state index is 14.1. The van der Waals surface area contributed by atoms with Crippen LogP contribution in [0, 0.1) is 6.92 Å². The molecule has 0 spiro atoms. The van der Waals surface area contributed by atoms with Crippen LogP contribution in [0.4, 0.5) is 5.69 Å². The molecule has 1 aromatic heterocycles. The van der Waals surface area contributed by atoms with Crippen molar-refractivity contribution in [3.05, 3.63) is 82.5 Å². The summed E-state index contributed by atoms with van der Waals surface area (Å²) in [6, 6.07) is 15.4. The van der Waals surface area contributed by atoms with Crippen LogP contribution in [0.15, 0.2) is 54.6 Å². The first kappa shape index (κ1) is 23.2. The molecule has 4 aromatic rings. The molecule has 0 bridgehead atoms. The summed E-state index contributed by atoms with van der Waals surface area (Å²) in [4.78, 5) is 42.1. The van der Waals surface area contributed by atoms with Gasteiger partial charge in [0.25, 0.3) is 11.8 Å². The van der Waals surface area contributed by atoms with Crippen LogP contribution < -0.4 is 19.1 Å². The Morgan fingerprint density at radius 1 is 0.806 bits per heavy atom. The predicted molar refractivity (Wildman–Crippen MR) is 135 cm³/mol. The second-order valence-corrected chi connectivity index (χ2v) is 8.51. The van der Waals surface area contributed by atoms with Crippen LogP contribution in [-0.2, 0) is 7.05 Å². The molecule has 0 aliphatic carbocycles. The number of methoxy groups -OCH3 is 3. The Balaban J connectivity index is 1.78. The number of carbonyl (C=O) groups is 3. The van der Waals surface area contributed by atoms with Gasteiger partial charge >= 0.3 is 0 Å². The zero-order valence-electron chi connectivity index (χ0n) is 20.5. The van der Waals surface area contributed by atoms with Gasteiger partial charge in [-0.3, -0.25) is 14.4 Å². The summed E-state index contributed by atoms with van der Waals surface area (Å²) in [7, 11) is 6.16. The Labute approximate surface area is 207 Å². The van der Waals surface area contributed by atoms with Crippen LogP contribution in [0.1, 0.15) is 42.3 Å². The van der Waals surface area contributed by atoms with Gasteiger partial charge in [-0.2, -0.15) is 0 Å². The van der Waals surface area contributed by atoms with Crippen molar-refractivity contribution in [1.82, 2.24) is 4.57 Å². The van der Waals surface area contributed by atoms with Crippen molar-refractivity contribution in [2.45, 2.75) is 6.92 Å². The summed E-state index contributed by atoms with van der Waals surface area (Å²) in [5, 5.41) is 0.619. The highest BCUT2D eigenvalue weighted by Crippen LogP contribution is 2.42. The van der Waals surface area contributed by atoms with Gasteiger partial charge in [-0.1, -0.05) is 24.3 Å². The monoisotopic (exact) mass is 484 g/mol. The van der Waals surface area contributed by atoms with Gasteiger partial charge in [0, 0.05) is 18.0 Å². The van der Waals surface area contributed by atoms with E-state index in [1.54, 1.807) is 48.0 Å². The molecule has 5 rings (SSSR count). The van der Waals surface area contributed by atoms with Crippen LogP contribution in [0.2, 0.25) is 0 Å². The number of benzene rings is 3. The van der Waals surface area contributed by atoms with Crippen LogP contribution in [-0.4, -0.2) is 43.5 Å². The number of ether oxygens (including phenoxy) is 3. The lowest BCUT2D eigenvalue weighted by Crippen LogP contribution is -2.31. The summed E-state index contributed by atoms with van der Waals surface area (Å²) in [5.41, 5.74) is 3.00. The number of nitrogens with zero attached hydrogens (tertiary/aromatic N) is 2. The summed E-state index contributed by atoms with van der Waals surface area (Å²) in [5.74, 6) is -0.360. The molecule has 182 valence electrons. The molecule has 0 unspecified atom stereocenters. The first-order valence-electron chi connectivity index (χ1n) is 11.2. The lowest BCUT2D eigenvalue weighted by Gasteiger charge is -2.17. The largest absolute Gasteiger partial charge is 0.493 e. The number of carbonyl (C=O) groups excluding carboxylic acids is 3. The zero-order chi connectivity index (χ0) is 25.7. The minimum absolute atomic E-state index is 0.194. The van der Waals surface area contributed by atoms with E-state index >= 15 is 0 Å². The van der Waals surface area contributed by atoms with Crippen molar-refractivity contribution in [2.75, 3.05) is 26.2 Å². The summed E-state index contributed by atoms with van der Waals surface area (Å²) >= 11 is 0. The zero-order valence-corrected chi connectivity index (χ0v) is 20.5. The van der Waals surface area contributed by atoms with E-state index in [1.165, 1.54) is 21.3 Å². The standard InChI is InChI=1S/C28H24N2O6/c1-15-10-11-19-20(12-15)29(2)24(23(19)30-27(32)17-8-6-7-9-18(17)28(30)33)25(31)16-13-21(34-3)26(36-5)22(14-16)35-4/h6-14H,1-5H3. The van der Waals surface area contributed by atoms with Gasteiger partial charge < -0.3 is 18.8 Å². The van der Waals surface area contributed by atoms with E-state index in [-0.39, 0.29) is 16.9 Å². The molecular formula is C28H24N2O6. The Morgan fingerprint density at radius 3 is 1.92 bits per heavy atom. The molecule has 36 heavy (non-hydrogen) atoms. The minimum atomic E-state index is -0.470. The van der Waals surface area contributed by atoms with Crippen molar-refractivity contribution >= 4 is 34.2 Å². The number of aryl methyl sites for hydroxylation is 2. The lowest BCUT2D eigenvalue weighted by atomic mass is 10.0. The second-order valence-electron chi connectivity index (χ2n) is 8.51. The van der Waals surface area contributed by atoms with E-state index in [9.17, 15) is 14.4 Å². The molecule has 0 saturated carbocycles. The molecule has 2 amide bonds. The second kappa shape index (κ2) is 8.57. The van der Waals surface area contributed by atoms with Gasteiger partial charge in [0.2, 0.25) is 11.5 Å². The van der Waals surface area contributed by atoms with Gasteiger partial charge in [-0.25, -0.2) is 4.90 Å². The summed E-state index contributed by atoms with van der Waals surface area (Å²) < 4.78 is 18.0. The molecule has 8 heteroatoms. The van der Waals surface area contributed by atoms with Crippen molar-refractivity contribution in [3.63, 3.8) is 0 Å². The lowest BCUT2D eigenvalue weighted by molar-refractivity contribution is 0.0926. The minimum Gasteiger partial charge on any atom is -0.493 e. The third-order valence-corrected chi connectivity index (χ3v) is 6.49. The number of amides is 2. The molecule has 1 aliphatic rings. The molecule has 2 heterocycles. The highest BCUT2D eigenvalue weighted by Gasteiger charge is 2.41. The third kappa shape index (κ3) is 3.25. The fraction of sp³-hybridized carbons (Fsp3) is 0.179. The first-order chi connectivity index (χ1) is 17.3. The number of anilines is 1. The number of rotatable bonds is 6. The normalized spacial score (nSPS) is 12.8. The predicted octanol–water partition coefficient (Wildman–Crippen LogP) is 4.54. The topological polar surface area (TPSA) is 87.1 Å². The molecule has 0 N–H and O–H groups in total. The average Bonchev–Trinajstić information content (AvgIpc) is 3.31. The van der Waals surface area contributed by atoms with Gasteiger partial charge in [0.15, 0.2) is 11.5 Å². The molecule has 3 aromatic carbocycles. The van der Waals surface area contributed by atoms with Crippen LogP contribution in [0.25, 0.3) is 10.9 Å². The molecule has 1 aliphatic heterocycles. The quantitative estimate of drug-likeness (QED) is 0.295. The number of hydrogen-bond donors (Lipinski definition) is 0. The van der Waals surface area contributed by atoms with E-state index in [4.69, 9.17) is 14.2 Å². The van der Waals surface area contributed by atoms with Crippen LogP contribution >= 0.6 is 0 Å². The Morgan fingerprint density at radius 2 is 1.39 bits per heavy atom. The molecular weight excluding hydrogens is 460 g/mol. The third-order valence-electron chi connectivity index (χ3n) is 6.49. The smallest absolute Gasteiger partial charge is 0.266 e. The SMILES string of the molecule is COc1cc(C(=O)c2c(N3C(=O)c4ccccc4C3=O)c3ccc(C)cc3n2C)cc(OC)c1OC. The van der Waals surface area contributed by atoms with Crippen molar-refractivity contribution < 1.29 is 28.6 Å². The van der Waals surface area contributed by atoms with E-state index in [0.717, 1.165) is 16.0 Å². The molecule has 8 nitrogen and oxygen atoms in total. The van der Waals surface area contributed by atoms with Crippen LogP contribution in [0.3, 0.4) is 0 Å². The molecule has 0 saturated heterocycles. The fourth-order valence-corrected chi connectivity index (χ4v) is 4.75. The Kier molecular flexibility index (Phi) is 5.51. The average molecular weight is 485 g/mol. The summed E-state index contributed by atoms with van der Waals surface area (Å²) in [6.45, 7) is 1.94. The van der Waals surface area contributed by atoms with Gasteiger partial charge in [0.05, 0.1) is 43.7 Å². The number of hydrogen-bond acceptors (Lipinski definition) is 6. The Bertz CT molecular complexity index is 1520. The number of aromatic nitrogens is 1. The molecule has 0 atom stereocenters. The maximum Gasteiger partial charge on any atom is 0.266 e. The van der Waals surface area contributed by atoms with Crippen molar-refractivity contribution in [2.24, 2.45) is 7.05 Å². The van der Waals surface area contributed by atoms with Gasteiger partial charge in [0.1, 0.15) is 5.69 Å². The van der Waals surface area contributed by atoms with Crippen LogP contribution in [0.5, 0.6) is 17.2 Å². The van der Waals surface area contributed by atoms with Crippen molar-refractivity contribution in [1.29, 1.82) is 0 Å². The van der Waals surface area contributed by atoms with E-state index in [1.807, 2.05) is 25.1 Å². The van der Waals surface area contributed by atoms with E-state index in [0.29, 0.717) is 33.8 Å². The molecule has 0 radical (unpaired) electrons. The van der Waals surface area contributed by atoms with Gasteiger partial charge in [-0.15, -0.1) is 0 Å². The Hall–Kier alpha value is -4.59. The number of fused-ring (bicyclic) bond motifs is 2. The molecule has 0 fully saturated rings. The highest BCUT2D eigenvalue weighted by molar-refractivity contribution is 6.38. The maximum absolute atomic E-state index is 14.1. The summed E-state index contributed by atoms with van der Waals surface area (Å²) in [6.07, 6.45) is 0. The van der Waals surface area contributed by atoms with Gasteiger partial charge in [-0.05, 0) is 42.8 Å². The number of ketones is 1.